The Bertz CT molecular complexity index is 425. The van der Waals surface area contributed by atoms with Crippen LogP contribution in [0.1, 0.15) is 51.4 Å². The topological polar surface area (TPSA) is 37.3 Å². The lowest BCUT2D eigenvalue weighted by Crippen LogP contribution is -2.41. The van der Waals surface area contributed by atoms with Gasteiger partial charge in [0.15, 0.2) is 0 Å². The maximum Gasteiger partial charge on any atom is 0.136 e. The van der Waals surface area contributed by atoms with Crippen LogP contribution in [-0.4, -0.2) is 17.0 Å². The van der Waals surface area contributed by atoms with Crippen molar-refractivity contribution in [1.82, 2.24) is 0 Å². The molecule has 5 unspecified atom stereocenters. The highest BCUT2D eigenvalue weighted by molar-refractivity contribution is 5.83. The molecule has 3 fully saturated rings. The summed E-state index contributed by atoms with van der Waals surface area (Å²) in [5.41, 5.74) is 1.54. The molecule has 0 spiro atoms. The van der Waals surface area contributed by atoms with Gasteiger partial charge in [-0.25, -0.2) is 0 Å². The summed E-state index contributed by atoms with van der Waals surface area (Å²) in [5.74, 6) is 3.98. The van der Waals surface area contributed by atoms with Crippen molar-refractivity contribution >= 4 is 5.78 Å². The van der Waals surface area contributed by atoms with E-state index in [9.17, 15) is 9.90 Å². The van der Waals surface area contributed by atoms with Gasteiger partial charge in [0, 0.05) is 12.3 Å². The Morgan fingerprint density at radius 2 is 1.74 bits per heavy atom. The summed E-state index contributed by atoms with van der Waals surface area (Å²) >= 11 is 0. The quantitative estimate of drug-likeness (QED) is 0.680. The molecule has 104 valence electrons. The molecule has 0 amide bonds. The average molecular weight is 260 g/mol. The van der Waals surface area contributed by atoms with Gasteiger partial charge in [-0.3, -0.25) is 4.79 Å². The Kier molecular flexibility index (Phi) is 2.84. The number of rotatable bonds is 0. The monoisotopic (exact) mass is 260 g/mol. The van der Waals surface area contributed by atoms with Crippen molar-refractivity contribution in [3.8, 4) is 0 Å². The summed E-state index contributed by atoms with van der Waals surface area (Å²) in [6.45, 7) is 0. The second kappa shape index (κ2) is 4.44. The van der Waals surface area contributed by atoms with Crippen LogP contribution < -0.4 is 0 Å². The van der Waals surface area contributed by atoms with Crippen molar-refractivity contribution in [2.75, 3.05) is 0 Å². The first-order chi connectivity index (χ1) is 9.24. The molecule has 3 saturated carbocycles. The summed E-state index contributed by atoms with van der Waals surface area (Å²) in [4.78, 5) is 12.0. The number of ketones is 1. The fraction of sp³-hybridized carbons (Fsp3) is 0.824. The van der Waals surface area contributed by atoms with Crippen molar-refractivity contribution in [1.29, 1.82) is 0 Å². The number of hydrogen-bond acceptors (Lipinski definition) is 2. The van der Waals surface area contributed by atoms with Crippen LogP contribution in [-0.2, 0) is 4.79 Å². The predicted molar refractivity (Wildman–Crippen MR) is 73.5 cm³/mol. The predicted octanol–water partition coefficient (Wildman–Crippen LogP) is 3.10. The van der Waals surface area contributed by atoms with Crippen molar-refractivity contribution in [2.45, 2.75) is 57.5 Å². The van der Waals surface area contributed by atoms with Gasteiger partial charge in [-0.15, -0.1) is 0 Å². The Morgan fingerprint density at radius 3 is 2.63 bits per heavy atom. The summed E-state index contributed by atoms with van der Waals surface area (Å²) in [6, 6.07) is 0. The van der Waals surface area contributed by atoms with Crippen molar-refractivity contribution < 1.29 is 9.90 Å². The molecule has 1 N–H and O–H groups in total. The molecule has 0 aromatic rings. The number of hydrogen-bond donors (Lipinski definition) is 1. The maximum atomic E-state index is 12.0. The molecule has 0 saturated heterocycles. The molecule has 19 heavy (non-hydrogen) atoms. The van der Waals surface area contributed by atoms with Gasteiger partial charge in [-0.2, -0.15) is 0 Å². The van der Waals surface area contributed by atoms with Crippen LogP contribution in [0.3, 0.4) is 0 Å². The van der Waals surface area contributed by atoms with E-state index in [1.807, 2.05) is 0 Å². The van der Waals surface area contributed by atoms with E-state index in [-0.39, 0.29) is 6.10 Å². The van der Waals surface area contributed by atoms with E-state index in [4.69, 9.17) is 0 Å². The number of aliphatic hydroxyl groups excluding tert-OH is 1. The lowest BCUT2D eigenvalue weighted by molar-refractivity contribution is -0.123. The summed E-state index contributed by atoms with van der Waals surface area (Å²) < 4.78 is 0. The van der Waals surface area contributed by atoms with E-state index in [0.29, 0.717) is 17.6 Å². The largest absolute Gasteiger partial charge is 0.393 e. The van der Waals surface area contributed by atoms with Crippen LogP contribution in [0, 0.1) is 29.6 Å². The standard InChI is InChI=1S/C17H24O2/c18-11-2-4-12-10(9-11)1-3-14-13(12)5-6-16-15(14)7-8-17(16)19/h1,11-16,18H,2-9H2/t11-,12?,13?,14?,15?,16?/m0/s1. The zero-order chi connectivity index (χ0) is 13.0. The van der Waals surface area contributed by atoms with Crippen molar-refractivity contribution in [3.05, 3.63) is 11.6 Å². The lowest BCUT2D eigenvalue weighted by atomic mass is 9.57. The Labute approximate surface area is 115 Å². The molecule has 0 radical (unpaired) electrons. The third kappa shape index (κ3) is 1.83. The van der Waals surface area contributed by atoms with Gasteiger partial charge in [0.05, 0.1) is 6.10 Å². The zero-order valence-corrected chi connectivity index (χ0v) is 11.6. The third-order valence-electron chi connectivity index (χ3n) is 6.49. The Hall–Kier alpha value is -0.630. The smallest absolute Gasteiger partial charge is 0.136 e. The van der Waals surface area contributed by atoms with Crippen LogP contribution in [0.5, 0.6) is 0 Å². The molecular weight excluding hydrogens is 236 g/mol. The van der Waals surface area contributed by atoms with Crippen LogP contribution in [0.2, 0.25) is 0 Å². The molecule has 2 nitrogen and oxygen atoms in total. The van der Waals surface area contributed by atoms with E-state index in [1.165, 1.54) is 19.3 Å². The SMILES string of the molecule is O=C1CCC2C1CCC1C3CC[C@H](O)CC3=CCC21. The highest BCUT2D eigenvalue weighted by Crippen LogP contribution is 2.55. The number of allylic oxidation sites excluding steroid dienone is 1. The number of carbonyl (C=O) groups excluding carboxylic acids is 1. The molecule has 0 aliphatic heterocycles. The van der Waals surface area contributed by atoms with Gasteiger partial charge >= 0.3 is 0 Å². The third-order valence-corrected chi connectivity index (χ3v) is 6.49. The van der Waals surface area contributed by atoms with E-state index >= 15 is 0 Å². The number of carbonyl (C=O) groups is 1. The van der Waals surface area contributed by atoms with Crippen LogP contribution in [0.25, 0.3) is 0 Å². The molecule has 0 aromatic carbocycles. The molecular formula is C17H24O2. The molecule has 0 aromatic heterocycles. The summed E-state index contributed by atoms with van der Waals surface area (Å²) in [5, 5.41) is 9.84. The van der Waals surface area contributed by atoms with E-state index in [2.05, 4.69) is 6.08 Å². The molecule has 2 heteroatoms. The minimum atomic E-state index is -0.0940. The lowest BCUT2D eigenvalue weighted by Gasteiger charge is -2.48. The highest BCUT2D eigenvalue weighted by Gasteiger charge is 2.49. The van der Waals surface area contributed by atoms with Gasteiger partial charge in [-0.05, 0) is 68.6 Å². The van der Waals surface area contributed by atoms with Gasteiger partial charge < -0.3 is 5.11 Å². The second-order valence-corrected chi connectivity index (χ2v) is 7.24. The fourth-order valence-electron chi connectivity index (χ4n) is 5.67. The molecule has 6 atom stereocenters. The second-order valence-electron chi connectivity index (χ2n) is 7.24. The molecule has 4 aliphatic carbocycles. The van der Waals surface area contributed by atoms with Crippen molar-refractivity contribution in [3.63, 3.8) is 0 Å². The molecule has 4 rings (SSSR count). The number of aliphatic hydroxyl groups is 1. The average Bonchev–Trinajstić information content (AvgIpc) is 2.80. The first kappa shape index (κ1) is 12.1. The van der Waals surface area contributed by atoms with E-state index in [0.717, 1.165) is 49.9 Å². The number of fused-ring (bicyclic) bond motifs is 5. The maximum absolute atomic E-state index is 12.0. The van der Waals surface area contributed by atoms with Gasteiger partial charge in [-0.1, -0.05) is 11.6 Å². The first-order valence-corrected chi connectivity index (χ1v) is 8.13. The molecule has 0 heterocycles. The first-order valence-electron chi connectivity index (χ1n) is 8.13. The molecule has 4 aliphatic rings. The molecule has 0 bridgehead atoms. The Morgan fingerprint density at radius 1 is 0.947 bits per heavy atom. The van der Waals surface area contributed by atoms with Gasteiger partial charge in [0.25, 0.3) is 0 Å². The highest BCUT2D eigenvalue weighted by atomic mass is 16.3. The Balaban J connectivity index is 1.60. The fourth-order valence-corrected chi connectivity index (χ4v) is 5.67. The van der Waals surface area contributed by atoms with Crippen LogP contribution >= 0.6 is 0 Å². The van der Waals surface area contributed by atoms with Gasteiger partial charge in [0.2, 0.25) is 0 Å². The van der Waals surface area contributed by atoms with Crippen LogP contribution in [0.4, 0.5) is 0 Å². The normalized spacial score (nSPS) is 49.1. The van der Waals surface area contributed by atoms with Crippen molar-refractivity contribution in [2.24, 2.45) is 29.6 Å². The number of Topliss-reactive ketones (excluding diaryl/α,β-unsaturated/α-hetero) is 1. The van der Waals surface area contributed by atoms with E-state index < -0.39 is 0 Å². The van der Waals surface area contributed by atoms with Gasteiger partial charge in [0.1, 0.15) is 5.78 Å². The van der Waals surface area contributed by atoms with E-state index in [1.54, 1.807) is 5.57 Å². The summed E-state index contributed by atoms with van der Waals surface area (Å²) in [7, 11) is 0. The summed E-state index contributed by atoms with van der Waals surface area (Å²) in [6.07, 6.45) is 11.0. The zero-order valence-electron chi connectivity index (χ0n) is 11.6. The minimum Gasteiger partial charge on any atom is -0.393 e. The van der Waals surface area contributed by atoms with Crippen LogP contribution in [0.15, 0.2) is 11.6 Å². The minimum absolute atomic E-state index is 0.0940.